The van der Waals surface area contributed by atoms with Crippen LogP contribution in [0.25, 0.3) is 10.2 Å². The summed E-state index contributed by atoms with van der Waals surface area (Å²) in [5, 5.41) is 13.3. The van der Waals surface area contributed by atoms with Crippen LogP contribution in [-0.4, -0.2) is 138 Å². The van der Waals surface area contributed by atoms with Crippen LogP contribution in [0.1, 0.15) is 44.3 Å². The Labute approximate surface area is 279 Å². The second-order valence-corrected chi connectivity index (χ2v) is 14.7. The maximum Gasteiger partial charge on any atom is 0.317 e. The fourth-order valence-corrected chi connectivity index (χ4v) is 7.27. The third-order valence-electron chi connectivity index (χ3n) is 7.63. The molecule has 46 heavy (non-hydrogen) atoms. The van der Waals surface area contributed by atoms with Crippen molar-refractivity contribution in [3.8, 4) is 11.8 Å². The predicted molar refractivity (Wildman–Crippen MR) is 179 cm³/mol. The number of carbonyl (C=O) groups is 3. The molecular formula is C32H46N6O6S2. The molecule has 2 aliphatic rings. The Morgan fingerprint density at radius 2 is 1.80 bits per heavy atom. The summed E-state index contributed by atoms with van der Waals surface area (Å²) >= 11 is 2.78. The molecule has 0 unspecified atom stereocenters. The van der Waals surface area contributed by atoms with Crippen LogP contribution < -0.4 is 5.32 Å². The molecule has 0 bridgehead atoms. The van der Waals surface area contributed by atoms with Gasteiger partial charge in [0.25, 0.3) is 0 Å². The highest BCUT2D eigenvalue weighted by Gasteiger charge is 2.24. The fraction of sp³-hybridized carbons (Fsp3) is 0.656. The number of likely N-dealkylation sites (tertiary alicyclic amines) is 1. The average molecular weight is 675 g/mol. The number of rotatable bonds is 13. The number of esters is 1. The van der Waals surface area contributed by atoms with Crippen LogP contribution in [0.4, 0.5) is 0 Å². The largest absolute Gasteiger partial charge is 0.480 e. The van der Waals surface area contributed by atoms with E-state index in [4.69, 9.17) is 14.6 Å². The van der Waals surface area contributed by atoms with Gasteiger partial charge in [0.1, 0.15) is 27.9 Å². The zero-order valence-electron chi connectivity index (χ0n) is 27.3. The maximum absolute atomic E-state index is 12.2. The number of thioether (sulfide) groups is 1. The fourth-order valence-electron chi connectivity index (χ4n) is 5.43. The molecule has 12 nitrogen and oxygen atoms in total. The lowest BCUT2D eigenvalue weighted by molar-refractivity contribution is -0.151. The highest BCUT2D eigenvalue weighted by Crippen LogP contribution is 2.31. The minimum Gasteiger partial charge on any atom is -0.480 e. The molecule has 2 aliphatic heterocycles. The van der Waals surface area contributed by atoms with Crippen LogP contribution in [0.3, 0.4) is 0 Å². The van der Waals surface area contributed by atoms with Gasteiger partial charge in [-0.3, -0.25) is 19.3 Å². The minimum absolute atomic E-state index is 0.00197. The van der Waals surface area contributed by atoms with E-state index in [1.165, 1.54) is 23.1 Å². The number of aryl methyl sites for hydroxylation is 1. The normalized spacial score (nSPS) is 17.0. The Morgan fingerprint density at radius 1 is 1.09 bits per heavy atom. The highest BCUT2D eigenvalue weighted by molar-refractivity contribution is 8.00. The summed E-state index contributed by atoms with van der Waals surface area (Å²) in [4.78, 5) is 52.8. The Bertz CT molecular complexity index is 1400. The van der Waals surface area contributed by atoms with Crippen molar-refractivity contribution in [3.63, 3.8) is 0 Å². The molecule has 252 valence electrons. The van der Waals surface area contributed by atoms with Crippen molar-refractivity contribution < 1.29 is 29.0 Å². The van der Waals surface area contributed by atoms with E-state index >= 15 is 0 Å². The van der Waals surface area contributed by atoms with Crippen molar-refractivity contribution in [2.45, 2.75) is 51.2 Å². The number of aliphatic carboxylic acids is 1. The van der Waals surface area contributed by atoms with Gasteiger partial charge in [-0.15, -0.1) is 11.3 Å². The van der Waals surface area contributed by atoms with Crippen LogP contribution >= 0.6 is 23.1 Å². The first-order valence-electron chi connectivity index (χ1n) is 15.8. The number of hydrogen-bond donors (Lipinski definition) is 2. The molecule has 2 N–H and O–H groups in total. The summed E-state index contributed by atoms with van der Waals surface area (Å²) in [6.07, 6.45) is 2.29. The van der Waals surface area contributed by atoms with Gasteiger partial charge in [0.05, 0.1) is 30.3 Å². The van der Waals surface area contributed by atoms with Crippen LogP contribution in [0, 0.1) is 24.7 Å². The van der Waals surface area contributed by atoms with E-state index in [0.29, 0.717) is 18.3 Å². The quantitative estimate of drug-likeness (QED) is 0.106. The Kier molecular flexibility index (Phi) is 13.6. The number of thiophene rings is 1. The molecule has 2 aromatic rings. The molecule has 0 atom stereocenters. The molecule has 0 saturated carbocycles. The molecule has 4 rings (SSSR count). The van der Waals surface area contributed by atoms with E-state index in [2.05, 4.69) is 36.9 Å². The van der Waals surface area contributed by atoms with Gasteiger partial charge in [-0.2, -0.15) is 0 Å². The molecular weight excluding hydrogens is 629 g/mol. The lowest BCUT2D eigenvalue weighted by Crippen LogP contribution is -2.50. The topological polar surface area (TPSA) is 137 Å². The Balaban J connectivity index is 1.09. The number of piperazine rings is 1. The first-order chi connectivity index (χ1) is 21.9. The summed E-state index contributed by atoms with van der Waals surface area (Å²) < 4.78 is 11.0. The van der Waals surface area contributed by atoms with Gasteiger partial charge in [-0.25, -0.2) is 9.97 Å². The predicted octanol–water partition coefficient (Wildman–Crippen LogP) is 2.33. The van der Waals surface area contributed by atoms with E-state index in [0.717, 1.165) is 85.3 Å². The monoisotopic (exact) mass is 674 g/mol. The number of piperidine rings is 1. The first kappa shape index (κ1) is 36.0. The van der Waals surface area contributed by atoms with Crippen molar-refractivity contribution >= 4 is 51.2 Å². The third kappa shape index (κ3) is 12.4. The number of hydrogen-bond acceptors (Lipinski definition) is 12. The average Bonchev–Trinajstić information content (AvgIpc) is 3.40. The molecule has 2 saturated heterocycles. The SMILES string of the molecule is Cc1nc(SCC(=O)OC(C)(C)C)c2cc(C#CCNC(=O)COCCN3CCC(CN4CCN(CC(=O)O)CC4)CC3)sc2n1. The lowest BCUT2D eigenvalue weighted by Gasteiger charge is -2.38. The smallest absolute Gasteiger partial charge is 0.317 e. The number of aromatic nitrogens is 2. The van der Waals surface area contributed by atoms with Crippen LogP contribution in [0.15, 0.2) is 11.1 Å². The number of ether oxygens (including phenoxy) is 2. The summed E-state index contributed by atoms with van der Waals surface area (Å²) in [6.45, 7) is 15.7. The number of carboxylic acid groups (broad SMARTS) is 1. The van der Waals surface area contributed by atoms with Gasteiger partial charge in [0.15, 0.2) is 0 Å². The zero-order chi connectivity index (χ0) is 33.1. The Morgan fingerprint density at radius 3 is 2.50 bits per heavy atom. The second kappa shape index (κ2) is 17.4. The molecule has 2 fully saturated rings. The van der Waals surface area contributed by atoms with Crippen molar-refractivity contribution in [1.82, 2.24) is 30.0 Å². The van der Waals surface area contributed by atoms with E-state index < -0.39 is 11.6 Å². The number of fused-ring (bicyclic) bond motifs is 1. The molecule has 4 heterocycles. The lowest BCUT2D eigenvalue weighted by atomic mass is 9.96. The molecule has 1 amide bonds. The van der Waals surface area contributed by atoms with Crippen LogP contribution in [0.5, 0.6) is 0 Å². The van der Waals surface area contributed by atoms with Crippen LogP contribution in [-0.2, 0) is 23.9 Å². The number of carbonyl (C=O) groups excluding carboxylic acids is 2. The number of nitrogens with zero attached hydrogens (tertiary/aromatic N) is 5. The van der Waals surface area contributed by atoms with Gasteiger partial charge in [0, 0.05) is 44.7 Å². The zero-order valence-corrected chi connectivity index (χ0v) is 28.9. The van der Waals surface area contributed by atoms with E-state index in [1.54, 1.807) is 0 Å². The molecule has 0 radical (unpaired) electrons. The molecule has 14 heteroatoms. The first-order valence-corrected chi connectivity index (χ1v) is 17.6. The van der Waals surface area contributed by atoms with Crippen LogP contribution in [0.2, 0.25) is 0 Å². The molecule has 0 spiro atoms. The van der Waals surface area contributed by atoms with Gasteiger partial charge in [-0.05, 0) is 65.6 Å². The number of carboxylic acids is 1. The minimum atomic E-state index is -0.755. The van der Waals surface area contributed by atoms with Gasteiger partial charge in [-0.1, -0.05) is 23.6 Å². The standard InChI is InChI=1S/C32H46N6O6S2/c1-23-34-30(45-22-29(42)44-32(2,3)4)26-18-25(46-31(26)35-23)6-5-9-33-27(39)21-43-17-16-36-10-7-24(8-11-36)19-37-12-14-38(15-13-37)20-28(40)41/h18,24H,7-17,19-22H2,1-4H3,(H,33,39)(H,40,41). The van der Waals surface area contributed by atoms with Crippen molar-refractivity contribution in [2.75, 3.05) is 84.4 Å². The van der Waals surface area contributed by atoms with Crippen molar-refractivity contribution in [1.29, 1.82) is 0 Å². The third-order valence-corrected chi connectivity index (χ3v) is 9.54. The van der Waals surface area contributed by atoms with E-state index in [1.807, 2.05) is 38.7 Å². The van der Waals surface area contributed by atoms with Gasteiger partial charge >= 0.3 is 11.9 Å². The second-order valence-electron chi connectivity index (χ2n) is 12.7. The highest BCUT2D eigenvalue weighted by atomic mass is 32.2. The van der Waals surface area contributed by atoms with E-state index in [-0.39, 0.29) is 37.3 Å². The summed E-state index contributed by atoms with van der Waals surface area (Å²) in [7, 11) is 0. The number of nitrogens with one attached hydrogen (secondary N) is 1. The van der Waals surface area contributed by atoms with Crippen molar-refractivity contribution in [3.05, 3.63) is 16.8 Å². The van der Waals surface area contributed by atoms with E-state index in [9.17, 15) is 14.4 Å². The van der Waals surface area contributed by atoms with Crippen molar-refractivity contribution in [2.24, 2.45) is 5.92 Å². The molecule has 2 aromatic heterocycles. The molecule has 0 aliphatic carbocycles. The van der Waals surface area contributed by atoms with Gasteiger partial charge < -0.3 is 29.7 Å². The maximum atomic E-state index is 12.2. The Hall–Kier alpha value is -2.80. The summed E-state index contributed by atoms with van der Waals surface area (Å²) in [6, 6.07) is 1.92. The number of amides is 1. The van der Waals surface area contributed by atoms with Gasteiger partial charge in [0.2, 0.25) is 5.91 Å². The molecule has 0 aromatic carbocycles. The summed E-state index contributed by atoms with van der Waals surface area (Å²) in [5.41, 5.74) is -0.536. The summed E-state index contributed by atoms with van der Waals surface area (Å²) in [5.74, 6) is 6.29.